The van der Waals surface area contributed by atoms with Gasteiger partial charge in [0.2, 0.25) is 0 Å². The van der Waals surface area contributed by atoms with Gasteiger partial charge in [-0.05, 0) is 95.0 Å². The summed E-state index contributed by atoms with van der Waals surface area (Å²) in [6.07, 6.45) is 0. The summed E-state index contributed by atoms with van der Waals surface area (Å²) < 4.78 is 0. The predicted molar refractivity (Wildman–Crippen MR) is 231 cm³/mol. The second-order valence-corrected chi connectivity index (χ2v) is 15.3. The van der Waals surface area contributed by atoms with Crippen molar-refractivity contribution in [3.05, 3.63) is 193 Å². The van der Waals surface area contributed by atoms with Gasteiger partial charge in [0, 0.05) is 21.9 Å². The zero-order valence-corrected chi connectivity index (χ0v) is 30.7. The van der Waals surface area contributed by atoms with Crippen molar-refractivity contribution >= 4 is 43.2 Å². The van der Waals surface area contributed by atoms with Crippen LogP contribution < -0.4 is 0 Å². The molecule has 0 unspecified atom stereocenters. The molecule has 1 heterocycles. The Hall–Kier alpha value is -6.90. The van der Waals surface area contributed by atoms with Gasteiger partial charge in [-0.1, -0.05) is 178 Å². The molecule has 55 heavy (non-hydrogen) atoms. The number of hydrogen-bond donors (Lipinski definition) is 0. The lowest BCUT2D eigenvalue weighted by atomic mass is 9.78. The van der Waals surface area contributed by atoms with Crippen LogP contribution in [0.25, 0.3) is 99.2 Å². The first kappa shape index (κ1) is 31.6. The van der Waals surface area contributed by atoms with Gasteiger partial charge in [0.25, 0.3) is 0 Å². The first-order chi connectivity index (χ1) is 27.0. The van der Waals surface area contributed by atoms with E-state index in [1.165, 1.54) is 65.7 Å². The van der Waals surface area contributed by atoms with E-state index in [1.54, 1.807) is 0 Å². The fraction of sp³-hybridized carbons (Fsp3) is 0.0566. The largest absolute Gasteiger partial charge is 0.228 e. The molecule has 0 saturated heterocycles. The molecule has 0 aliphatic heterocycles. The number of hydrogen-bond acceptors (Lipinski definition) is 2. The first-order valence-corrected chi connectivity index (χ1v) is 19.1. The summed E-state index contributed by atoms with van der Waals surface area (Å²) in [5, 5.41) is 9.05. The molecule has 9 aromatic carbocycles. The summed E-state index contributed by atoms with van der Waals surface area (Å²) in [7, 11) is 0. The maximum Gasteiger partial charge on any atom is 0.160 e. The van der Waals surface area contributed by atoms with Crippen molar-refractivity contribution in [1.82, 2.24) is 9.97 Å². The Morgan fingerprint density at radius 2 is 0.891 bits per heavy atom. The van der Waals surface area contributed by atoms with E-state index in [4.69, 9.17) is 9.97 Å². The first-order valence-electron chi connectivity index (χ1n) is 19.1. The number of fused-ring (bicyclic) bond motifs is 11. The number of para-hydroxylation sites is 1. The summed E-state index contributed by atoms with van der Waals surface area (Å²) >= 11 is 0. The second-order valence-electron chi connectivity index (χ2n) is 15.3. The van der Waals surface area contributed by atoms with Crippen LogP contribution in [-0.2, 0) is 5.41 Å². The predicted octanol–water partition coefficient (Wildman–Crippen LogP) is 14.1. The lowest BCUT2D eigenvalue weighted by Gasteiger charge is -2.25. The van der Waals surface area contributed by atoms with Crippen LogP contribution in [0.15, 0.2) is 182 Å². The Labute approximate surface area is 320 Å². The summed E-state index contributed by atoms with van der Waals surface area (Å²) in [6.45, 7) is 4.81. The smallest absolute Gasteiger partial charge is 0.160 e. The monoisotopic (exact) mass is 700 g/mol. The van der Waals surface area contributed by atoms with Gasteiger partial charge in [0.05, 0.1) is 11.2 Å². The van der Waals surface area contributed by atoms with Crippen molar-refractivity contribution in [3.63, 3.8) is 0 Å². The fourth-order valence-electron chi connectivity index (χ4n) is 9.19. The van der Waals surface area contributed by atoms with E-state index in [2.05, 4.69) is 184 Å². The molecule has 0 saturated carbocycles. The topological polar surface area (TPSA) is 25.8 Å². The number of rotatable bonds is 4. The van der Waals surface area contributed by atoms with Gasteiger partial charge in [-0.3, -0.25) is 0 Å². The van der Waals surface area contributed by atoms with E-state index in [0.717, 1.165) is 44.7 Å². The molecule has 0 N–H and O–H groups in total. The Morgan fingerprint density at radius 1 is 0.364 bits per heavy atom. The molecule has 2 heteroatoms. The highest BCUT2D eigenvalue weighted by Crippen LogP contribution is 2.54. The number of nitrogens with zero attached hydrogens (tertiary/aromatic N) is 2. The maximum atomic E-state index is 5.12. The lowest BCUT2D eigenvalue weighted by Crippen LogP contribution is -2.15. The van der Waals surface area contributed by atoms with E-state index in [9.17, 15) is 0 Å². The van der Waals surface area contributed by atoms with Gasteiger partial charge in [-0.2, -0.15) is 0 Å². The summed E-state index contributed by atoms with van der Waals surface area (Å²) in [4.78, 5) is 10.1. The van der Waals surface area contributed by atoms with Crippen molar-refractivity contribution in [3.8, 4) is 56.0 Å². The molecule has 0 spiro atoms. The van der Waals surface area contributed by atoms with Crippen molar-refractivity contribution in [2.75, 3.05) is 0 Å². The van der Waals surface area contributed by atoms with Crippen molar-refractivity contribution in [2.24, 2.45) is 0 Å². The zero-order chi connectivity index (χ0) is 36.7. The highest BCUT2D eigenvalue weighted by atomic mass is 14.9. The Balaban J connectivity index is 0.961. The fourth-order valence-corrected chi connectivity index (χ4v) is 9.19. The van der Waals surface area contributed by atoms with Crippen LogP contribution >= 0.6 is 0 Å². The molecule has 2 nitrogen and oxygen atoms in total. The molecule has 10 aromatic rings. The summed E-state index contributed by atoms with van der Waals surface area (Å²) in [5.41, 5.74) is 14.0. The lowest BCUT2D eigenvalue weighted by molar-refractivity contribution is 0.667. The molecule has 11 rings (SSSR count). The van der Waals surface area contributed by atoms with E-state index < -0.39 is 0 Å². The maximum absolute atomic E-state index is 5.12. The van der Waals surface area contributed by atoms with Crippen molar-refractivity contribution < 1.29 is 0 Å². The van der Waals surface area contributed by atoms with Gasteiger partial charge < -0.3 is 0 Å². The van der Waals surface area contributed by atoms with Crippen molar-refractivity contribution in [1.29, 1.82) is 0 Å². The quantitative estimate of drug-likeness (QED) is 0.171. The molecule has 0 bridgehead atoms. The van der Waals surface area contributed by atoms with E-state index in [1.807, 2.05) is 12.1 Å². The van der Waals surface area contributed by atoms with E-state index in [0.29, 0.717) is 0 Å². The second kappa shape index (κ2) is 12.1. The van der Waals surface area contributed by atoms with Crippen LogP contribution in [0, 0.1) is 0 Å². The standard InChI is InChI=1S/C53H36N2/c1-53(2)47-32-37(27-28-42(47)45-30-29-44-41-19-7-6-17-39(41)40-18-8-9-20-43(40)49(44)50(45)53)34-25-23-33(24-26-34)36-15-12-16-38(31-36)52-54-48-22-11-10-21-46(48)51(55-52)35-13-4-3-5-14-35/h3-32H,1-2H3. The third kappa shape index (κ3) is 4.88. The third-order valence-electron chi connectivity index (χ3n) is 11.8. The molecule has 1 aliphatic carbocycles. The zero-order valence-electron chi connectivity index (χ0n) is 30.7. The SMILES string of the molecule is CC1(C)c2cc(-c3ccc(-c4cccc(-c5nc(-c6ccccc6)c6ccccc6n5)c4)cc3)ccc2-c2ccc3c4ccccc4c4ccccc4c3c21. The molecule has 1 aliphatic rings. The Bertz CT molecular complexity index is 3120. The summed E-state index contributed by atoms with van der Waals surface area (Å²) in [6, 6.07) is 65.8. The Morgan fingerprint density at radius 3 is 1.62 bits per heavy atom. The Kier molecular flexibility index (Phi) is 6.93. The highest BCUT2D eigenvalue weighted by Gasteiger charge is 2.38. The molecule has 0 radical (unpaired) electrons. The van der Waals surface area contributed by atoms with E-state index in [-0.39, 0.29) is 5.41 Å². The third-order valence-corrected chi connectivity index (χ3v) is 11.8. The van der Waals surface area contributed by atoms with Crippen LogP contribution in [0.2, 0.25) is 0 Å². The molecule has 258 valence electrons. The number of aromatic nitrogens is 2. The average molecular weight is 701 g/mol. The van der Waals surface area contributed by atoms with Gasteiger partial charge in [-0.15, -0.1) is 0 Å². The van der Waals surface area contributed by atoms with Gasteiger partial charge in [0.15, 0.2) is 5.82 Å². The van der Waals surface area contributed by atoms with Crippen LogP contribution in [0.3, 0.4) is 0 Å². The van der Waals surface area contributed by atoms with Gasteiger partial charge in [0.1, 0.15) is 0 Å². The highest BCUT2D eigenvalue weighted by molar-refractivity contribution is 6.27. The molecular weight excluding hydrogens is 665 g/mol. The summed E-state index contributed by atoms with van der Waals surface area (Å²) in [5.74, 6) is 0.728. The molecule has 1 aromatic heterocycles. The van der Waals surface area contributed by atoms with E-state index >= 15 is 0 Å². The van der Waals surface area contributed by atoms with Crippen LogP contribution in [0.1, 0.15) is 25.0 Å². The van der Waals surface area contributed by atoms with Crippen molar-refractivity contribution in [2.45, 2.75) is 19.3 Å². The molecular formula is C53H36N2. The molecule has 0 amide bonds. The normalized spacial score (nSPS) is 13.1. The molecule has 0 fully saturated rings. The van der Waals surface area contributed by atoms with Crippen LogP contribution in [-0.4, -0.2) is 9.97 Å². The minimum absolute atomic E-state index is 0.170. The molecule has 0 atom stereocenters. The number of benzene rings is 9. The average Bonchev–Trinajstić information content (AvgIpc) is 3.49. The van der Waals surface area contributed by atoms with Crippen LogP contribution in [0.5, 0.6) is 0 Å². The van der Waals surface area contributed by atoms with Gasteiger partial charge >= 0.3 is 0 Å². The van der Waals surface area contributed by atoms with Gasteiger partial charge in [-0.25, -0.2) is 9.97 Å². The van der Waals surface area contributed by atoms with Crippen LogP contribution in [0.4, 0.5) is 0 Å². The minimum atomic E-state index is -0.170. The minimum Gasteiger partial charge on any atom is -0.228 e.